The lowest BCUT2D eigenvalue weighted by Crippen LogP contribution is -2.46. The number of benzene rings is 3. The normalized spacial score (nSPS) is 15.0. The zero-order valence-electron chi connectivity index (χ0n) is 19.3. The number of amides is 3. The fraction of sp³-hybridized carbons (Fsp3) is 0.231. The SMILES string of the molecule is COc1cc(CN(C)CN2C(=O)NC(c3ccccc3)(c3ccccc3)C2=O)ccc1OC(F)F. The molecule has 0 bridgehead atoms. The van der Waals surface area contributed by atoms with Crippen LogP contribution in [0.15, 0.2) is 78.9 Å². The minimum Gasteiger partial charge on any atom is -0.493 e. The fourth-order valence-electron chi connectivity index (χ4n) is 4.25. The second-order valence-corrected chi connectivity index (χ2v) is 8.16. The van der Waals surface area contributed by atoms with Gasteiger partial charge in [0.05, 0.1) is 13.8 Å². The number of carbonyl (C=O) groups is 2. The third-order valence-corrected chi connectivity index (χ3v) is 5.80. The Labute approximate surface area is 201 Å². The predicted molar refractivity (Wildman–Crippen MR) is 125 cm³/mol. The Morgan fingerprint density at radius 2 is 1.54 bits per heavy atom. The van der Waals surface area contributed by atoms with E-state index in [9.17, 15) is 18.4 Å². The summed E-state index contributed by atoms with van der Waals surface area (Å²) < 4.78 is 34.8. The monoisotopic (exact) mass is 481 g/mol. The number of imide groups is 1. The molecule has 3 aromatic rings. The van der Waals surface area contributed by atoms with Crippen molar-refractivity contribution in [2.24, 2.45) is 0 Å². The zero-order valence-corrected chi connectivity index (χ0v) is 19.3. The summed E-state index contributed by atoms with van der Waals surface area (Å²) >= 11 is 0. The molecule has 182 valence electrons. The van der Waals surface area contributed by atoms with Crippen LogP contribution in [0, 0.1) is 0 Å². The number of hydrogen-bond donors (Lipinski definition) is 1. The van der Waals surface area contributed by atoms with Gasteiger partial charge >= 0.3 is 12.6 Å². The summed E-state index contributed by atoms with van der Waals surface area (Å²) in [6.45, 7) is -2.62. The molecular formula is C26H25F2N3O4. The maximum absolute atomic E-state index is 13.8. The highest BCUT2D eigenvalue weighted by Gasteiger charge is 2.53. The maximum Gasteiger partial charge on any atom is 0.387 e. The molecular weight excluding hydrogens is 456 g/mol. The molecule has 3 amide bonds. The van der Waals surface area contributed by atoms with Crippen LogP contribution < -0.4 is 14.8 Å². The molecule has 0 radical (unpaired) electrons. The van der Waals surface area contributed by atoms with Crippen LogP contribution in [0.3, 0.4) is 0 Å². The lowest BCUT2D eigenvalue weighted by molar-refractivity contribution is -0.131. The maximum atomic E-state index is 13.8. The Hall–Kier alpha value is -3.98. The van der Waals surface area contributed by atoms with Gasteiger partial charge in [0.25, 0.3) is 5.91 Å². The highest BCUT2D eigenvalue weighted by molar-refractivity contribution is 6.09. The largest absolute Gasteiger partial charge is 0.493 e. The van der Waals surface area contributed by atoms with E-state index >= 15 is 0 Å². The van der Waals surface area contributed by atoms with Crippen LogP contribution >= 0.6 is 0 Å². The van der Waals surface area contributed by atoms with E-state index in [-0.39, 0.29) is 24.1 Å². The fourth-order valence-corrected chi connectivity index (χ4v) is 4.25. The average molecular weight is 481 g/mol. The van der Waals surface area contributed by atoms with Crippen molar-refractivity contribution < 1.29 is 27.8 Å². The molecule has 0 unspecified atom stereocenters. The van der Waals surface area contributed by atoms with Gasteiger partial charge in [-0.3, -0.25) is 9.69 Å². The molecule has 9 heteroatoms. The summed E-state index contributed by atoms with van der Waals surface area (Å²) in [4.78, 5) is 29.8. The van der Waals surface area contributed by atoms with E-state index in [0.717, 1.165) is 5.56 Å². The van der Waals surface area contributed by atoms with E-state index in [4.69, 9.17) is 4.74 Å². The summed E-state index contributed by atoms with van der Waals surface area (Å²) in [7, 11) is 3.11. The van der Waals surface area contributed by atoms with E-state index in [0.29, 0.717) is 17.7 Å². The number of nitrogens with zero attached hydrogens (tertiary/aromatic N) is 2. The van der Waals surface area contributed by atoms with Gasteiger partial charge in [-0.05, 0) is 35.9 Å². The third-order valence-electron chi connectivity index (χ3n) is 5.80. The summed E-state index contributed by atoms with van der Waals surface area (Å²) in [5.41, 5.74) is 0.719. The first kappa shape index (κ1) is 24.2. The van der Waals surface area contributed by atoms with Crippen LogP contribution in [0.2, 0.25) is 0 Å². The lowest BCUT2D eigenvalue weighted by atomic mass is 9.83. The van der Waals surface area contributed by atoms with Gasteiger partial charge in [-0.2, -0.15) is 8.78 Å². The summed E-state index contributed by atoms with van der Waals surface area (Å²) in [5, 5.41) is 2.92. The van der Waals surface area contributed by atoms with Crippen LogP contribution in [-0.4, -0.2) is 49.2 Å². The smallest absolute Gasteiger partial charge is 0.387 e. The Morgan fingerprint density at radius 1 is 0.943 bits per heavy atom. The van der Waals surface area contributed by atoms with Crippen molar-refractivity contribution >= 4 is 11.9 Å². The third kappa shape index (κ3) is 4.81. The van der Waals surface area contributed by atoms with Crippen LogP contribution in [-0.2, 0) is 16.9 Å². The number of alkyl halides is 2. The summed E-state index contributed by atoms with van der Waals surface area (Å²) in [6.07, 6.45) is 0. The van der Waals surface area contributed by atoms with Crippen molar-refractivity contribution in [3.05, 3.63) is 95.6 Å². The molecule has 0 atom stereocenters. The first-order valence-electron chi connectivity index (χ1n) is 10.9. The number of ether oxygens (including phenoxy) is 2. The second kappa shape index (κ2) is 10.1. The van der Waals surface area contributed by atoms with Crippen LogP contribution in [0.5, 0.6) is 11.5 Å². The molecule has 35 heavy (non-hydrogen) atoms. The second-order valence-electron chi connectivity index (χ2n) is 8.16. The van der Waals surface area contributed by atoms with Gasteiger partial charge < -0.3 is 14.8 Å². The molecule has 1 saturated heterocycles. The van der Waals surface area contributed by atoms with Crippen molar-refractivity contribution in [3.63, 3.8) is 0 Å². The lowest BCUT2D eigenvalue weighted by Gasteiger charge is -2.28. The standard InChI is InChI=1S/C26H25F2N3O4/c1-30(16-18-13-14-21(35-24(27)28)22(15-18)34-2)17-31-23(32)26(29-25(31)33,19-9-5-3-6-10-19)20-11-7-4-8-12-20/h3-15,24H,16-17H2,1-2H3,(H,29,33). The molecule has 1 heterocycles. The Balaban J connectivity index is 1.56. The van der Waals surface area contributed by atoms with Gasteiger partial charge in [0.15, 0.2) is 17.0 Å². The highest BCUT2D eigenvalue weighted by Crippen LogP contribution is 2.36. The number of methoxy groups -OCH3 is 1. The topological polar surface area (TPSA) is 71.1 Å². The van der Waals surface area contributed by atoms with Gasteiger partial charge in [-0.25, -0.2) is 9.69 Å². The van der Waals surface area contributed by atoms with Gasteiger partial charge in [0.2, 0.25) is 0 Å². The van der Waals surface area contributed by atoms with Crippen molar-refractivity contribution in [3.8, 4) is 11.5 Å². The number of carbonyl (C=O) groups excluding carboxylic acids is 2. The number of urea groups is 1. The first-order chi connectivity index (χ1) is 16.8. The number of hydrogen-bond acceptors (Lipinski definition) is 5. The van der Waals surface area contributed by atoms with Crippen LogP contribution in [0.25, 0.3) is 0 Å². The van der Waals surface area contributed by atoms with E-state index in [1.165, 1.54) is 18.1 Å². The first-order valence-corrected chi connectivity index (χ1v) is 10.9. The molecule has 1 fully saturated rings. The van der Waals surface area contributed by atoms with Crippen LogP contribution in [0.4, 0.5) is 13.6 Å². The van der Waals surface area contributed by atoms with Gasteiger partial charge in [-0.1, -0.05) is 66.7 Å². The molecule has 0 aliphatic carbocycles. The molecule has 0 aromatic heterocycles. The van der Waals surface area contributed by atoms with Gasteiger partial charge in [-0.15, -0.1) is 0 Å². The number of halogens is 2. The Bertz CT molecular complexity index is 1150. The Morgan fingerprint density at radius 3 is 2.09 bits per heavy atom. The predicted octanol–water partition coefficient (Wildman–Crippen LogP) is 4.18. The summed E-state index contributed by atoms with van der Waals surface area (Å²) in [6, 6.07) is 22.3. The van der Waals surface area contributed by atoms with Gasteiger partial charge in [0, 0.05) is 6.54 Å². The van der Waals surface area contributed by atoms with E-state index in [1.807, 2.05) is 60.7 Å². The molecule has 7 nitrogen and oxygen atoms in total. The van der Waals surface area contributed by atoms with Gasteiger partial charge in [0.1, 0.15) is 0 Å². The quantitative estimate of drug-likeness (QED) is 0.465. The number of nitrogens with one attached hydrogen (secondary N) is 1. The summed E-state index contributed by atoms with van der Waals surface area (Å²) in [5.74, 6) is -0.290. The molecule has 4 rings (SSSR count). The molecule has 3 aromatic carbocycles. The average Bonchev–Trinajstić information content (AvgIpc) is 3.11. The van der Waals surface area contributed by atoms with E-state index in [1.54, 1.807) is 24.1 Å². The Kier molecular flexibility index (Phi) is 6.97. The zero-order chi connectivity index (χ0) is 25.0. The van der Waals surface area contributed by atoms with E-state index in [2.05, 4.69) is 10.1 Å². The highest BCUT2D eigenvalue weighted by atomic mass is 19.3. The molecule has 0 spiro atoms. The minimum atomic E-state index is -2.97. The van der Waals surface area contributed by atoms with Crippen molar-refractivity contribution in [1.82, 2.24) is 15.1 Å². The minimum absolute atomic E-state index is 0.0175. The molecule has 0 saturated carbocycles. The molecule has 1 aliphatic heterocycles. The number of rotatable bonds is 9. The van der Waals surface area contributed by atoms with Crippen molar-refractivity contribution in [2.75, 3.05) is 20.8 Å². The molecule has 1 N–H and O–H groups in total. The van der Waals surface area contributed by atoms with Crippen LogP contribution in [0.1, 0.15) is 16.7 Å². The van der Waals surface area contributed by atoms with Crippen molar-refractivity contribution in [1.29, 1.82) is 0 Å². The molecule has 1 aliphatic rings. The van der Waals surface area contributed by atoms with Crippen molar-refractivity contribution in [2.45, 2.75) is 18.7 Å². The van der Waals surface area contributed by atoms with E-state index < -0.39 is 18.2 Å².